The molecule has 0 saturated heterocycles. The predicted molar refractivity (Wildman–Crippen MR) is 95.8 cm³/mol. The number of hydrogen-bond acceptors (Lipinski definition) is 5. The average Bonchev–Trinajstić information content (AvgIpc) is 2.59. The topological polar surface area (TPSA) is 72.2 Å². The van der Waals surface area contributed by atoms with Crippen LogP contribution in [-0.4, -0.2) is 10.7 Å². The molecular formula is C18H14N2O3S. The number of hydrogen-bond donors (Lipinski definition) is 1. The number of thioether (sulfide) groups is 1. The number of fused-ring (bicyclic) bond motifs is 1. The van der Waals surface area contributed by atoms with Crippen molar-refractivity contribution in [1.82, 2.24) is 0 Å². The Labute approximate surface area is 143 Å². The van der Waals surface area contributed by atoms with Crippen LogP contribution in [0.15, 0.2) is 70.1 Å². The first kappa shape index (κ1) is 16.0. The monoisotopic (exact) mass is 338 g/mol. The highest BCUT2D eigenvalue weighted by Crippen LogP contribution is 2.39. The molecule has 3 rings (SSSR count). The van der Waals surface area contributed by atoms with Crippen LogP contribution >= 0.6 is 11.8 Å². The fourth-order valence-electron chi connectivity index (χ4n) is 2.38. The Morgan fingerprint density at radius 3 is 2.67 bits per heavy atom. The number of ketones is 1. The van der Waals surface area contributed by atoms with E-state index in [1.54, 1.807) is 18.2 Å². The Morgan fingerprint density at radius 2 is 1.88 bits per heavy atom. The number of nitrogens with zero attached hydrogens (tertiary/aromatic N) is 1. The molecule has 0 spiro atoms. The quantitative estimate of drug-likeness (QED) is 0.500. The summed E-state index contributed by atoms with van der Waals surface area (Å²) >= 11 is 1.40. The average molecular weight is 338 g/mol. The summed E-state index contributed by atoms with van der Waals surface area (Å²) in [6, 6.07) is 14.1. The third-order valence-electron chi connectivity index (χ3n) is 3.53. The van der Waals surface area contributed by atoms with E-state index in [1.165, 1.54) is 30.0 Å². The van der Waals surface area contributed by atoms with E-state index in [4.69, 9.17) is 0 Å². The van der Waals surface area contributed by atoms with Crippen molar-refractivity contribution < 1.29 is 9.72 Å². The number of carbonyl (C=O) groups is 1. The van der Waals surface area contributed by atoms with Crippen LogP contribution in [0.3, 0.4) is 0 Å². The zero-order valence-electron chi connectivity index (χ0n) is 12.9. The number of anilines is 1. The molecule has 0 unspecified atom stereocenters. The molecule has 2 aromatic rings. The standard InChI is InChI=1S/C18H14N2O3S/c1-12-18(24-17-9-5-3-7-14(17)19-12)16(21)11-10-13-6-2-4-8-15(13)20(22)23/h2-11,19H,1H3/b11-10+. The van der Waals surface area contributed by atoms with Crippen LogP contribution in [0.1, 0.15) is 12.5 Å². The van der Waals surface area contributed by atoms with Gasteiger partial charge in [-0.15, -0.1) is 0 Å². The highest BCUT2D eigenvalue weighted by molar-refractivity contribution is 8.04. The van der Waals surface area contributed by atoms with Crippen molar-refractivity contribution in [3.63, 3.8) is 0 Å². The van der Waals surface area contributed by atoms with E-state index in [2.05, 4.69) is 5.32 Å². The highest BCUT2D eigenvalue weighted by Gasteiger charge is 2.20. The van der Waals surface area contributed by atoms with Crippen molar-refractivity contribution in [2.24, 2.45) is 0 Å². The van der Waals surface area contributed by atoms with Crippen molar-refractivity contribution in [3.05, 3.63) is 80.9 Å². The van der Waals surface area contributed by atoms with Crippen molar-refractivity contribution >= 4 is 35.0 Å². The first-order valence-electron chi connectivity index (χ1n) is 7.27. The SMILES string of the molecule is CC1=C(C(=O)/C=C/c2ccccc2[N+](=O)[O-])Sc2ccccc2N1. The maximum Gasteiger partial charge on any atom is 0.276 e. The van der Waals surface area contributed by atoms with Gasteiger partial charge in [-0.2, -0.15) is 0 Å². The summed E-state index contributed by atoms with van der Waals surface area (Å²) in [5.74, 6) is -0.183. The summed E-state index contributed by atoms with van der Waals surface area (Å²) in [5.41, 5.74) is 2.13. The summed E-state index contributed by atoms with van der Waals surface area (Å²) in [5, 5.41) is 14.2. The molecule has 0 fully saturated rings. The molecule has 0 amide bonds. The predicted octanol–water partition coefficient (Wildman–Crippen LogP) is 4.63. The van der Waals surface area contributed by atoms with Gasteiger partial charge in [0.05, 0.1) is 21.1 Å². The molecule has 0 aromatic heterocycles. The third kappa shape index (κ3) is 3.23. The van der Waals surface area contributed by atoms with Crippen LogP contribution < -0.4 is 5.32 Å². The number of nitro benzene ring substituents is 1. The van der Waals surface area contributed by atoms with E-state index in [0.717, 1.165) is 16.3 Å². The van der Waals surface area contributed by atoms with Gasteiger partial charge in [0.25, 0.3) is 5.69 Å². The largest absolute Gasteiger partial charge is 0.357 e. The molecule has 6 heteroatoms. The Kier molecular flexibility index (Phi) is 4.48. The first-order valence-corrected chi connectivity index (χ1v) is 8.08. The summed E-state index contributed by atoms with van der Waals surface area (Å²) in [4.78, 5) is 24.6. The lowest BCUT2D eigenvalue weighted by Crippen LogP contribution is -2.10. The normalized spacial score (nSPS) is 13.5. The molecule has 1 heterocycles. The van der Waals surface area contributed by atoms with Crippen molar-refractivity contribution in [2.45, 2.75) is 11.8 Å². The molecule has 120 valence electrons. The molecule has 0 bridgehead atoms. The molecule has 2 aromatic carbocycles. The number of benzene rings is 2. The Hall–Kier alpha value is -2.86. The first-order chi connectivity index (χ1) is 11.6. The second kappa shape index (κ2) is 6.72. The molecule has 5 nitrogen and oxygen atoms in total. The van der Waals surface area contributed by atoms with E-state index >= 15 is 0 Å². The van der Waals surface area contributed by atoms with Gasteiger partial charge in [-0.3, -0.25) is 14.9 Å². The minimum Gasteiger partial charge on any atom is -0.357 e. The van der Waals surface area contributed by atoms with E-state index in [-0.39, 0.29) is 11.5 Å². The van der Waals surface area contributed by atoms with E-state index in [9.17, 15) is 14.9 Å². The molecule has 1 aliphatic heterocycles. The number of para-hydroxylation sites is 2. The maximum absolute atomic E-state index is 12.5. The summed E-state index contributed by atoms with van der Waals surface area (Å²) in [6.45, 7) is 1.84. The zero-order valence-corrected chi connectivity index (χ0v) is 13.7. The lowest BCUT2D eigenvalue weighted by Gasteiger charge is -2.20. The molecule has 0 saturated carbocycles. The summed E-state index contributed by atoms with van der Waals surface area (Å²) in [6.07, 6.45) is 2.87. The molecule has 1 N–H and O–H groups in total. The van der Waals surface area contributed by atoms with Gasteiger partial charge in [0.15, 0.2) is 5.78 Å². The van der Waals surface area contributed by atoms with Crippen molar-refractivity contribution in [1.29, 1.82) is 0 Å². The van der Waals surface area contributed by atoms with Gasteiger partial charge in [0, 0.05) is 16.7 Å². The fraction of sp³-hybridized carbons (Fsp3) is 0.0556. The molecule has 0 radical (unpaired) electrons. The second-order valence-corrected chi connectivity index (χ2v) is 6.24. The van der Waals surface area contributed by atoms with Crippen molar-refractivity contribution in [2.75, 3.05) is 5.32 Å². The van der Waals surface area contributed by atoms with Gasteiger partial charge in [0.2, 0.25) is 0 Å². The van der Waals surface area contributed by atoms with Crippen LogP contribution in [0.2, 0.25) is 0 Å². The summed E-state index contributed by atoms with van der Waals surface area (Å²) < 4.78 is 0. The number of carbonyl (C=O) groups excluding carboxylic acids is 1. The van der Waals surface area contributed by atoms with Crippen LogP contribution in [0.5, 0.6) is 0 Å². The van der Waals surface area contributed by atoms with Crippen molar-refractivity contribution in [3.8, 4) is 0 Å². The minimum absolute atomic E-state index is 0.0213. The molecule has 0 atom stereocenters. The Balaban J connectivity index is 1.85. The van der Waals surface area contributed by atoms with Gasteiger partial charge in [-0.25, -0.2) is 0 Å². The van der Waals surface area contributed by atoms with Gasteiger partial charge in [-0.1, -0.05) is 36.0 Å². The second-order valence-electron chi connectivity index (χ2n) is 5.19. The molecule has 24 heavy (non-hydrogen) atoms. The lowest BCUT2D eigenvalue weighted by atomic mass is 10.1. The van der Waals surface area contributed by atoms with Gasteiger partial charge >= 0.3 is 0 Å². The van der Waals surface area contributed by atoms with Gasteiger partial charge in [-0.05, 0) is 37.3 Å². The molecule has 0 aliphatic carbocycles. The van der Waals surface area contributed by atoms with Crippen LogP contribution in [0.25, 0.3) is 6.08 Å². The van der Waals surface area contributed by atoms with E-state index < -0.39 is 4.92 Å². The number of nitro groups is 1. The fourth-order valence-corrected chi connectivity index (χ4v) is 3.34. The molecular weight excluding hydrogens is 324 g/mol. The molecule has 1 aliphatic rings. The summed E-state index contributed by atoms with van der Waals surface area (Å²) in [7, 11) is 0. The van der Waals surface area contributed by atoms with Crippen LogP contribution in [0, 0.1) is 10.1 Å². The van der Waals surface area contributed by atoms with Gasteiger partial charge in [0.1, 0.15) is 0 Å². The Bertz CT molecular complexity index is 887. The maximum atomic E-state index is 12.5. The lowest BCUT2D eigenvalue weighted by molar-refractivity contribution is -0.385. The van der Waals surface area contributed by atoms with E-state index in [0.29, 0.717) is 10.5 Å². The minimum atomic E-state index is -0.457. The van der Waals surface area contributed by atoms with Crippen LogP contribution in [0.4, 0.5) is 11.4 Å². The van der Waals surface area contributed by atoms with Gasteiger partial charge < -0.3 is 5.32 Å². The van der Waals surface area contributed by atoms with Crippen LogP contribution in [-0.2, 0) is 4.79 Å². The van der Waals surface area contributed by atoms with E-state index in [1.807, 2.05) is 31.2 Å². The number of nitrogens with one attached hydrogen (secondary N) is 1. The third-order valence-corrected chi connectivity index (χ3v) is 4.82. The smallest absolute Gasteiger partial charge is 0.276 e. The number of rotatable bonds is 4. The highest BCUT2D eigenvalue weighted by atomic mass is 32.2. The zero-order chi connectivity index (χ0) is 17.1. The Morgan fingerprint density at radius 1 is 1.17 bits per heavy atom. The number of allylic oxidation sites excluding steroid dienone is 3.